The van der Waals surface area contributed by atoms with Crippen LogP contribution in [0.1, 0.15) is 13.3 Å². The standard InChI is InChI=1S/C14H13ClN2/c1-2-7-17-8-5-10-9-12(15)13-11(14(10)17)4-3-6-16-13/h3-6,8-9H,2,7H2,1H3. The SMILES string of the molecule is CCCn1ccc2cc(Cl)c3ncccc3c21. The lowest BCUT2D eigenvalue weighted by molar-refractivity contribution is 0.705. The molecular formula is C14H13ClN2. The van der Waals surface area contributed by atoms with Gasteiger partial charge in [0.2, 0.25) is 0 Å². The van der Waals surface area contributed by atoms with Crippen molar-refractivity contribution < 1.29 is 0 Å². The van der Waals surface area contributed by atoms with Gasteiger partial charge in [0.15, 0.2) is 0 Å². The summed E-state index contributed by atoms with van der Waals surface area (Å²) in [5.74, 6) is 0. The van der Waals surface area contributed by atoms with Crippen LogP contribution in [0.25, 0.3) is 21.8 Å². The number of hydrogen-bond donors (Lipinski definition) is 0. The lowest BCUT2D eigenvalue weighted by Crippen LogP contribution is -1.95. The zero-order chi connectivity index (χ0) is 11.8. The highest BCUT2D eigenvalue weighted by Crippen LogP contribution is 2.30. The van der Waals surface area contributed by atoms with Crippen LogP contribution in [-0.4, -0.2) is 9.55 Å². The molecule has 0 atom stereocenters. The van der Waals surface area contributed by atoms with Crippen LogP contribution < -0.4 is 0 Å². The van der Waals surface area contributed by atoms with Crippen LogP contribution >= 0.6 is 11.6 Å². The molecule has 3 rings (SSSR count). The van der Waals surface area contributed by atoms with Crippen molar-refractivity contribution in [2.24, 2.45) is 0 Å². The normalized spacial score (nSPS) is 11.4. The maximum Gasteiger partial charge on any atom is 0.0909 e. The minimum atomic E-state index is 0.724. The average Bonchev–Trinajstić information content (AvgIpc) is 2.73. The second-order valence-corrected chi connectivity index (χ2v) is 4.61. The highest BCUT2D eigenvalue weighted by molar-refractivity contribution is 6.36. The maximum absolute atomic E-state index is 6.25. The number of fused-ring (bicyclic) bond motifs is 3. The number of rotatable bonds is 2. The van der Waals surface area contributed by atoms with Gasteiger partial charge in [-0.1, -0.05) is 18.5 Å². The number of aromatic nitrogens is 2. The number of nitrogens with zero attached hydrogens (tertiary/aromatic N) is 2. The molecule has 0 aliphatic carbocycles. The van der Waals surface area contributed by atoms with Gasteiger partial charge in [0, 0.05) is 29.7 Å². The summed E-state index contributed by atoms with van der Waals surface area (Å²) in [4.78, 5) is 4.37. The van der Waals surface area contributed by atoms with Crippen molar-refractivity contribution in [2.75, 3.05) is 0 Å². The van der Waals surface area contributed by atoms with Gasteiger partial charge < -0.3 is 4.57 Å². The fraction of sp³-hybridized carbons (Fsp3) is 0.214. The fourth-order valence-electron chi connectivity index (χ4n) is 2.34. The molecule has 3 heteroatoms. The molecule has 17 heavy (non-hydrogen) atoms. The van der Waals surface area contributed by atoms with Gasteiger partial charge in [-0.2, -0.15) is 0 Å². The number of hydrogen-bond acceptors (Lipinski definition) is 1. The second kappa shape index (κ2) is 4.04. The van der Waals surface area contributed by atoms with Gasteiger partial charge in [-0.3, -0.25) is 4.98 Å². The Hall–Kier alpha value is -1.54. The first kappa shape index (κ1) is 10.6. The van der Waals surface area contributed by atoms with Crippen molar-refractivity contribution in [1.29, 1.82) is 0 Å². The fourth-order valence-corrected chi connectivity index (χ4v) is 2.60. The molecule has 0 fully saturated rings. The highest BCUT2D eigenvalue weighted by Gasteiger charge is 2.09. The molecule has 0 amide bonds. The van der Waals surface area contributed by atoms with Crippen LogP contribution in [0.3, 0.4) is 0 Å². The minimum Gasteiger partial charge on any atom is -0.347 e. The first-order valence-corrected chi connectivity index (χ1v) is 6.21. The first-order chi connectivity index (χ1) is 8.31. The van der Waals surface area contributed by atoms with Gasteiger partial charge in [0.25, 0.3) is 0 Å². The molecular weight excluding hydrogens is 232 g/mol. The molecule has 86 valence electrons. The Morgan fingerprint density at radius 1 is 1.35 bits per heavy atom. The number of aryl methyl sites for hydroxylation is 1. The largest absolute Gasteiger partial charge is 0.347 e. The van der Waals surface area contributed by atoms with Gasteiger partial charge in [0.1, 0.15) is 0 Å². The van der Waals surface area contributed by atoms with Gasteiger partial charge in [-0.15, -0.1) is 0 Å². The lowest BCUT2D eigenvalue weighted by atomic mass is 10.1. The third kappa shape index (κ3) is 1.60. The van der Waals surface area contributed by atoms with Crippen LogP contribution in [0, 0.1) is 0 Å². The molecule has 2 heterocycles. The smallest absolute Gasteiger partial charge is 0.0909 e. The van der Waals surface area contributed by atoms with Crippen molar-refractivity contribution >= 4 is 33.4 Å². The molecule has 0 unspecified atom stereocenters. The molecule has 0 N–H and O–H groups in total. The lowest BCUT2D eigenvalue weighted by Gasteiger charge is -2.07. The van der Waals surface area contributed by atoms with E-state index in [1.165, 1.54) is 10.9 Å². The molecule has 0 aliphatic rings. The van der Waals surface area contributed by atoms with E-state index in [4.69, 9.17) is 11.6 Å². The van der Waals surface area contributed by atoms with E-state index in [2.05, 4.69) is 34.8 Å². The maximum atomic E-state index is 6.25. The Morgan fingerprint density at radius 2 is 2.24 bits per heavy atom. The third-order valence-corrected chi connectivity index (χ3v) is 3.32. The van der Waals surface area contributed by atoms with E-state index in [1.807, 2.05) is 12.1 Å². The summed E-state index contributed by atoms with van der Waals surface area (Å²) in [6.07, 6.45) is 5.03. The van der Waals surface area contributed by atoms with Gasteiger partial charge in [0.05, 0.1) is 16.1 Å². The molecule has 0 saturated carbocycles. The second-order valence-electron chi connectivity index (χ2n) is 4.20. The van der Waals surface area contributed by atoms with Crippen LogP contribution in [-0.2, 0) is 6.54 Å². The Bertz CT molecular complexity index is 685. The molecule has 0 bridgehead atoms. The first-order valence-electron chi connectivity index (χ1n) is 5.83. The Morgan fingerprint density at radius 3 is 3.06 bits per heavy atom. The molecule has 1 aromatic carbocycles. The molecule has 0 spiro atoms. The van der Waals surface area contributed by atoms with Gasteiger partial charge in [-0.25, -0.2) is 0 Å². The van der Waals surface area contributed by atoms with Crippen molar-refractivity contribution in [3.05, 3.63) is 41.7 Å². The van der Waals surface area contributed by atoms with Crippen LogP contribution in [0.4, 0.5) is 0 Å². The van der Waals surface area contributed by atoms with E-state index < -0.39 is 0 Å². The van der Waals surface area contributed by atoms with Gasteiger partial charge >= 0.3 is 0 Å². The molecule has 0 radical (unpaired) electrons. The van der Waals surface area contributed by atoms with Crippen molar-refractivity contribution in [2.45, 2.75) is 19.9 Å². The average molecular weight is 245 g/mol. The zero-order valence-corrected chi connectivity index (χ0v) is 10.4. The summed E-state index contributed by atoms with van der Waals surface area (Å²) >= 11 is 6.25. The monoisotopic (exact) mass is 244 g/mol. The molecule has 2 nitrogen and oxygen atoms in total. The van der Waals surface area contributed by atoms with E-state index in [1.54, 1.807) is 6.20 Å². The van der Waals surface area contributed by atoms with E-state index in [0.717, 1.165) is 28.9 Å². The van der Waals surface area contributed by atoms with E-state index in [-0.39, 0.29) is 0 Å². The Kier molecular flexibility index (Phi) is 2.52. The third-order valence-electron chi connectivity index (χ3n) is 3.03. The molecule has 3 aromatic rings. The number of pyridine rings is 1. The molecule has 0 saturated heterocycles. The summed E-state index contributed by atoms with van der Waals surface area (Å²) in [6.45, 7) is 3.21. The Balaban J connectivity index is 2.46. The highest BCUT2D eigenvalue weighted by atomic mass is 35.5. The van der Waals surface area contributed by atoms with Crippen molar-refractivity contribution in [3.8, 4) is 0 Å². The van der Waals surface area contributed by atoms with Crippen LogP contribution in [0.15, 0.2) is 36.7 Å². The quantitative estimate of drug-likeness (QED) is 0.659. The van der Waals surface area contributed by atoms with Crippen molar-refractivity contribution in [3.63, 3.8) is 0 Å². The van der Waals surface area contributed by atoms with Crippen LogP contribution in [0.2, 0.25) is 5.02 Å². The molecule has 0 aliphatic heterocycles. The number of halogens is 1. The predicted molar refractivity (Wildman–Crippen MR) is 72.5 cm³/mol. The summed E-state index contributed by atoms with van der Waals surface area (Å²) in [5, 5.41) is 3.04. The molecule has 2 aromatic heterocycles. The summed E-state index contributed by atoms with van der Waals surface area (Å²) in [7, 11) is 0. The topological polar surface area (TPSA) is 17.8 Å². The van der Waals surface area contributed by atoms with Crippen LogP contribution in [0.5, 0.6) is 0 Å². The summed E-state index contributed by atoms with van der Waals surface area (Å²) < 4.78 is 2.27. The van der Waals surface area contributed by atoms with Crippen molar-refractivity contribution in [1.82, 2.24) is 9.55 Å². The Labute approximate surface area is 105 Å². The summed E-state index contributed by atoms with van der Waals surface area (Å²) in [6, 6.07) is 8.16. The predicted octanol–water partition coefficient (Wildman–Crippen LogP) is 4.25. The van der Waals surface area contributed by atoms with E-state index >= 15 is 0 Å². The minimum absolute atomic E-state index is 0.724. The number of benzene rings is 1. The van der Waals surface area contributed by atoms with Gasteiger partial charge in [-0.05, 0) is 30.7 Å². The zero-order valence-electron chi connectivity index (χ0n) is 9.65. The van der Waals surface area contributed by atoms with E-state index in [9.17, 15) is 0 Å². The summed E-state index contributed by atoms with van der Waals surface area (Å²) in [5.41, 5.74) is 2.12. The van der Waals surface area contributed by atoms with E-state index in [0.29, 0.717) is 0 Å².